The highest BCUT2D eigenvalue weighted by Gasteiger charge is 2.33. The van der Waals surface area contributed by atoms with E-state index in [0.29, 0.717) is 24.9 Å². The van der Waals surface area contributed by atoms with E-state index >= 15 is 0 Å². The summed E-state index contributed by atoms with van der Waals surface area (Å²) in [4.78, 5) is 25.5. The first-order valence-corrected chi connectivity index (χ1v) is 14.7. The van der Waals surface area contributed by atoms with Crippen molar-refractivity contribution in [2.24, 2.45) is 0 Å². The van der Waals surface area contributed by atoms with Crippen LogP contribution in [0.15, 0.2) is 78.9 Å². The summed E-state index contributed by atoms with van der Waals surface area (Å²) >= 11 is 0. The highest BCUT2D eigenvalue weighted by atomic mass is 16.7. The van der Waals surface area contributed by atoms with Gasteiger partial charge < -0.3 is 25.0 Å². The Balaban J connectivity index is 1.40. The largest absolute Gasteiger partial charge is 0.481 e. The van der Waals surface area contributed by atoms with Crippen molar-refractivity contribution in [3.8, 4) is 0 Å². The van der Waals surface area contributed by atoms with Crippen molar-refractivity contribution >= 4 is 17.6 Å². The van der Waals surface area contributed by atoms with Crippen molar-refractivity contribution < 1.29 is 29.3 Å². The lowest BCUT2D eigenvalue weighted by atomic mass is 9.99. The molecule has 224 valence electrons. The molecule has 0 aliphatic carbocycles. The van der Waals surface area contributed by atoms with Gasteiger partial charge in [0.05, 0.1) is 18.8 Å². The molecule has 42 heavy (non-hydrogen) atoms. The third-order valence-corrected chi connectivity index (χ3v) is 7.41. The maximum atomic E-state index is 12.6. The second-order valence-corrected chi connectivity index (χ2v) is 11.0. The van der Waals surface area contributed by atoms with Crippen molar-refractivity contribution in [1.29, 1.82) is 0 Å². The lowest BCUT2D eigenvalue weighted by molar-refractivity contribution is -0.252. The topological polar surface area (TPSA) is 108 Å². The van der Waals surface area contributed by atoms with Gasteiger partial charge in [0.25, 0.3) is 0 Å². The SMILES string of the molecule is CN(Cc1ccccc1)CC1CC(c2ccc(CO)cc2)OC(c2cccc(NC(=O)CCCCCCC(=O)O)c2)O1. The molecule has 0 saturated carbocycles. The molecule has 0 radical (unpaired) electrons. The van der Waals surface area contributed by atoms with Crippen LogP contribution < -0.4 is 5.32 Å². The van der Waals surface area contributed by atoms with Gasteiger partial charge in [0.1, 0.15) is 0 Å². The number of carbonyl (C=O) groups excluding carboxylic acids is 1. The Morgan fingerprint density at radius 2 is 1.60 bits per heavy atom. The van der Waals surface area contributed by atoms with Gasteiger partial charge in [-0.05, 0) is 48.7 Å². The zero-order valence-electron chi connectivity index (χ0n) is 24.3. The van der Waals surface area contributed by atoms with Crippen LogP contribution in [-0.2, 0) is 32.2 Å². The summed E-state index contributed by atoms with van der Waals surface area (Å²) in [6.07, 6.45) is 3.34. The van der Waals surface area contributed by atoms with Gasteiger partial charge in [-0.25, -0.2) is 0 Å². The van der Waals surface area contributed by atoms with Crippen LogP contribution in [0, 0.1) is 0 Å². The molecule has 1 amide bonds. The van der Waals surface area contributed by atoms with Crippen molar-refractivity contribution in [2.45, 2.75) is 76.6 Å². The number of carbonyl (C=O) groups is 2. The number of benzene rings is 3. The molecule has 0 spiro atoms. The summed E-state index contributed by atoms with van der Waals surface area (Å²) in [5.74, 6) is -0.854. The summed E-state index contributed by atoms with van der Waals surface area (Å²) in [7, 11) is 2.09. The molecule has 3 aromatic rings. The van der Waals surface area contributed by atoms with Gasteiger partial charge in [0.15, 0.2) is 6.29 Å². The predicted octanol–water partition coefficient (Wildman–Crippen LogP) is 6.22. The Hall–Kier alpha value is -3.56. The normalized spacial score (nSPS) is 18.6. The number of rotatable bonds is 15. The van der Waals surface area contributed by atoms with Gasteiger partial charge in [-0.2, -0.15) is 0 Å². The monoisotopic (exact) mass is 574 g/mol. The molecule has 1 saturated heterocycles. The summed E-state index contributed by atoms with van der Waals surface area (Å²) < 4.78 is 13.0. The van der Waals surface area contributed by atoms with Gasteiger partial charge in [0, 0.05) is 43.6 Å². The molecule has 3 unspecified atom stereocenters. The number of nitrogens with zero attached hydrogens (tertiary/aromatic N) is 1. The van der Waals surface area contributed by atoms with Crippen molar-refractivity contribution in [3.05, 3.63) is 101 Å². The quantitative estimate of drug-likeness (QED) is 0.185. The van der Waals surface area contributed by atoms with Gasteiger partial charge in [0.2, 0.25) is 5.91 Å². The Morgan fingerprint density at radius 3 is 2.31 bits per heavy atom. The fourth-order valence-corrected chi connectivity index (χ4v) is 5.24. The minimum Gasteiger partial charge on any atom is -0.481 e. The first kappa shape index (κ1) is 31.4. The molecule has 1 aliphatic rings. The number of nitrogens with one attached hydrogen (secondary N) is 1. The van der Waals surface area contributed by atoms with Crippen LogP contribution in [0.2, 0.25) is 0 Å². The Morgan fingerprint density at radius 1 is 0.857 bits per heavy atom. The second-order valence-electron chi connectivity index (χ2n) is 11.0. The summed E-state index contributed by atoms with van der Waals surface area (Å²) in [5.41, 5.74) is 4.63. The number of aliphatic hydroxyl groups is 1. The highest BCUT2D eigenvalue weighted by Crippen LogP contribution is 2.38. The maximum absolute atomic E-state index is 12.6. The second kappa shape index (κ2) is 16.2. The molecule has 1 aliphatic heterocycles. The summed E-state index contributed by atoms with van der Waals surface area (Å²) in [6.45, 7) is 1.53. The van der Waals surface area contributed by atoms with Crippen LogP contribution in [0.1, 0.15) is 79.6 Å². The first-order chi connectivity index (χ1) is 20.4. The zero-order chi connectivity index (χ0) is 29.7. The fraction of sp³-hybridized carbons (Fsp3) is 0.412. The number of hydrogen-bond donors (Lipinski definition) is 3. The predicted molar refractivity (Wildman–Crippen MR) is 162 cm³/mol. The third-order valence-electron chi connectivity index (χ3n) is 7.41. The lowest BCUT2D eigenvalue weighted by Crippen LogP contribution is -2.37. The number of amides is 1. The van der Waals surface area contributed by atoms with Crippen LogP contribution in [-0.4, -0.2) is 46.7 Å². The van der Waals surface area contributed by atoms with E-state index in [2.05, 4.69) is 29.4 Å². The minimum atomic E-state index is -0.782. The van der Waals surface area contributed by atoms with Gasteiger partial charge in [-0.3, -0.25) is 14.5 Å². The van der Waals surface area contributed by atoms with Crippen LogP contribution in [0.4, 0.5) is 5.69 Å². The lowest BCUT2D eigenvalue weighted by Gasteiger charge is -2.38. The molecule has 4 rings (SSSR count). The van der Waals surface area contributed by atoms with Gasteiger partial charge in [-0.15, -0.1) is 0 Å². The Labute approximate surface area is 248 Å². The standard InChI is InChI=1S/C34H42N2O6/c1-36(22-25-10-5-4-6-11-25)23-30-21-31(27-18-16-26(24-37)17-19-27)42-34(41-30)28-12-9-13-29(20-28)35-32(38)14-7-2-3-8-15-33(39)40/h4-6,9-13,16-20,30-31,34,37H,2-3,7-8,14-15,21-24H2,1H3,(H,35,38)(H,39,40). The molecule has 3 aromatic carbocycles. The number of hydrogen-bond acceptors (Lipinski definition) is 6. The molecule has 8 heteroatoms. The molecule has 1 fully saturated rings. The molecular weight excluding hydrogens is 532 g/mol. The van der Waals surface area contributed by atoms with E-state index in [4.69, 9.17) is 14.6 Å². The average molecular weight is 575 g/mol. The van der Waals surface area contributed by atoms with E-state index in [9.17, 15) is 14.7 Å². The number of ether oxygens (including phenoxy) is 2. The first-order valence-electron chi connectivity index (χ1n) is 14.7. The molecule has 8 nitrogen and oxygen atoms in total. The van der Waals surface area contributed by atoms with Crippen molar-refractivity contribution in [3.63, 3.8) is 0 Å². The van der Waals surface area contributed by atoms with Crippen LogP contribution in [0.3, 0.4) is 0 Å². The number of aliphatic hydroxyl groups excluding tert-OH is 1. The average Bonchev–Trinajstić information content (AvgIpc) is 2.99. The van der Waals surface area contributed by atoms with E-state index in [0.717, 1.165) is 49.0 Å². The molecule has 1 heterocycles. The molecule has 0 bridgehead atoms. The Kier molecular flexibility index (Phi) is 12.1. The number of aliphatic carboxylic acids is 1. The number of anilines is 1. The number of unbranched alkanes of at least 4 members (excludes halogenated alkanes) is 3. The maximum Gasteiger partial charge on any atom is 0.303 e. The molecule has 0 aromatic heterocycles. The van der Waals surface area contributed by atoms with E-state index in [1.54, 1.807) is 0 Å². The van der Waals surface area contributed by atoms with Gasteiger partial charge >= 0.3 is 5.97 Å². The van der Waals surface area contributed by atoms with Crippen molar-refractivity contribution in [1.82, 2.24) is 4.90 Å². The smallest absolute Gasteiger partial charge is 0.303 e. The number of carboxylic acids is 1. The highest BCUT2D eigenvalue weighted by molar-refractivity contribution is 5.90. The van der Waals surface area contributed by atoms with E-state index in [1.807, 2.05) is 66.7 Å². The van der Waals surface area contributed by atoms with Crippen LogP contribution in [0.5, 0.6) is 0 Å². The van der Waals surface area contributed by atoms with Gasteiger partial charge in [-0.1, -0.05) is 79.6 Å². The van der Waals surface area contributed by atoms with Crippen molar-refractivity contribution in [2.75, 3.05) is 18.9 Å². The summed E-state index contributed by atoms with van der Waals surface area (Å²) in [5, 5.41) is 21.2. The third kappa shape index (κ3) is 10.1. The fourth-order valence-electron chi connectivity index (χ4n) is 5.24. The van der Waals surface area contributed by atoms with E-state index in [-0.39, 0.29) is 31.1 Å². The van der Waals surface area contributed by atoms with E-state index < -0.39 is 12.3 Å². The Bertz CT molecular complexity index is 1270. The number of carboxylic acid groups (broad SMARTS) is 1. The van der Waals surface area contributed by atoms with E-state index in [1.165, 1.54) is 5.56 Å². The molecule has 3 N–H and O–H groups in total. The van der Waals surface area contributed by atoms with Crippen LogP contribution >= 0.6 is 0 Å². The van der Waals surface area contributed by atoms with Crippen LogP contribution in [0.25, 0.3) is 0 Å². The summed E-state index contributed by atoms with van der Waals surface area (Å²) in [6, 6.07) is 25.8. The zero-order valence-corrected chi connectivity index (χ0v) is 24.3. The number of likely N-dealkylation sites (N-methyl/N-ethyl adjacent to an activating group) is 1. The minimum absolute atomic E-state index is 0.00627. The molecular formula is C34H42N2O6. The molecule has 3 atom stereocenters.